The van der Waals surface area contributed by atoms with Gasteiger partial charge in [0.05, 0.1) is 16.6 Å². The second-order valence-electron chi connectivity index (χ2n) is 4.56. The molecule has 0 fully saturated rings. The van der Waals surface area contributed by atoms with E-state index in [2.05, 4.69) is 30.8 Å². The SMILES string of the molecule is O=c1[nH]c(=S)[nH]c2c1CN(Cc1cc(Br)co1)CC2. The van der Waals surface area contributed by atoms with E-state index in [1.54, 1.807) is 6.26 Å². The van der Waals surface area contributed by atoms with E-state index in [0.29, 0.717) is 17.9 Å². The van der Waals surface area contributed by atoms with Gasteiger partial charge in [-0.1, -0.05) is 0 Å². The Balaban J connectivity index is 1.82. The predicted octanol–water partition coefficient (Wildman–Crippen LogP) is 2.35. The molecule has 2 N–H and O–H groups in total. The van der Waals surface area contributed by atoms with Crippen LogP contribution in [0.5, 0.6) is 0 Å². The van der Waals surface area contributed by atoms with Gasteiger partial charge in [-0.3, -0.25) is 14.7 Å². The fraction of sp³-hybridized carbons (Fsp3) is 0.333. The van der Waals surface area contributed by atoms with Gasteiger partial charge >= 0.3 is 0 Å². The summed E-state index contributed by atoms with van der Waals surface area (Å²) in [6.45, 7) is 2.18. The molecule has 0 unspecified atom stereocenters. The number of aromatic nitrogens is 2. The summed E-state index contributed by atoms with van der Waals surface area (Å²) in [5.74, 6) is 0.885. The van der Waals surface area contributed by atoms with Gasteiger partial charge in [0.2, 0.25) is 0 Å². The van der Waals surface area contributed by atoms with Gasteiger partial charge in [-0.15, -0.1) is 0 Å². The van der Waals surface area contributed by atoms with E-state index < -0.39 is 0 Å². The fourth-order valence-electron chi connectivity index (χ4n) is 2.30. The topological polar surface area (TPSA) is 65.0 Å². The summed E-state index contributed by atoms with van der Waals surface area (Å²) in [7, 11) is 0. The molecule has 1 aliphatic rings. The average Bonchev–Trinajstić information content (AvgIpc) is 2.75. The molecule has 5 nitrogen and oxygen atoms in total. The zero-order valence-corrected chi connectivity index (χ0v) is 12.4. The van der Waals surface area contributed by atoms with E-state index in [1.165, 1.54) is 0 Å². The van der Waals surface area contributed by atoms with Crippen LogP contribution in [0.3, 0.4) is 0 Å². The van der Waals surface area contributed by atoms with Crippen molar-refractivity contribution in [2.45, 2.75) is 19.5 Å². The summed E-state index contributed by atoms with van der Waals surface area (Å²) < 4.78 is 6.73. The first-order valence-electron chi connectivity index (χ1n) is 5.91. The minimum absolute atomic E-state index is 0.0934. The molecular formula is C12H12BrN3O2S. The number of H-pyrrole nitrogens is 2. The Hall–Kier alpha value is -1.18. The maximum absolute atomic E-state index is 11.9. The second-order valence-corrected chi connectivity index (χ2v) is 5.88. The van der Waals surface area contributed by atoms with Crippen molar-refractivity contribution in [1.29, 1.82) is 0 Å². The highest BCUT2D eigenvalue weighted by atomic mass is 79.9. The van der Waals surface area contributed by atoms with Crippen molar-refractivity contribution >= 4 is 28.1 Å². The number of fused-ring (bicyclic) bond motifs is 1. The van der Waals surface area contributed by atoms with Crippen molar-refractivity contribution < 1.29 is 4.42 Å². The molecule has 0 atom stereocenters. The number of halogens is 1. The first-order valence-corrected chi connectivity index (χ1v) is 7.11. The summed E-state index contributed by atoms with van der Waals surface area (Å²) in [5, 5.41) is 0. The monoisotopic (exact) mass is 341 g/mol. The zero-order chi connectivity index (χ0) is 13.4. The van der Waals surface area contributed by atoms with Gasteiger partial charge in [0, 0.05) is 25.2 Å². The molecule has 2 aromatic rings. The number of rotatable bonds is 2. The minimum Gasteiger partial charge on any atom is -0.467 e. The third-order valence-electron chi connectivity index (χ3n) is 3.19. The molecule has 19 heavy (non-hydrogen) atoms. The number of nitrogens with one attached hydrogen (secondary N) is 2. The molecule has 3 heterocycles. The maximum Gasteiger partial charge on any atom is 0.256 e. The molecule has 0 radical (unpaired) electrons. The summed E-state index contributed by atoms with van der Waals surface area (Å²) in [6.07, 6.45) is 2.46. The normalized spacial score (nSPS) is 15.4. The average molecular weight is 342 g/mol. The first kappa shape index (κ1) is 12.8. The highest BCUT2D eigenvalue weighted by Gasteiger charge is 2.20. The zero-order valence-electron chi connectivity index (χ0n) is 10.0. The summed E-state index contributed by atoms with van der Waals surface area (Å²) in [6, 6.07) is 1.94. The van der Waals surface area contributed by atoms with Crippen LogP contribution in [0.1, 0.15) is 17.0 Å². The number of aromatic amines is 2. The van der Waals surface area contributed by atoms with Gasteiger partial charge in [0.15, 0.2) is 4.77 Å². The highest BCUT2D eigenvalue weighted by molar-refractivity contribution is 9.10. The summed E-state index contributed by atoms with van der Waals surface area (Å²) >= 11 is 8.34. The lowest BCUT2D eigenvalue weighted by molar-refractivity contribution is 0.222. The van der Waals surface area contributed by atoms with E-state index in [4.69, 9.17) is 16.6 Å². The Morgan fingerprint density at radius 3 is 3.05 bits per heavy atom. The van der Waals surface area contributed by atoms with Gasteiger partial charge in [-0.25, -0.2) is 0 Å². The van der Waals surface area contributed by atoms with Crippen LogP contribution in [-0.4, -0.2) is 21.4 Å². The summed E-state index contributed by atoms with van der Waals surface area (Å²) in [5.41, 5.74) is 1.63. The van der Waals surface area contributed by atoms with E-state index in [0.717, 1.165) is 34.5 Å². The molecular weight excluding hydrogens is 330 g/mol. The maximum atomic E-state index is 11.9. The largest absolute Gasteiger partial charge is 0.467 e. The smallest absolute Gasteiger partial charge is 0.256 e. The number of hydrogen-bond donors (Lipinski definition) is 2. The van der Waals surface area contributed by atoms with Crippen molar-refractivity contribution in [3.05, 3.63) is 48.9 Å². The summed E-state index contributed by atoms with van der Waals surface area (Å²) in [4.78, 5) is 19.8. The molecule has 0 bridgehead atoms. The van der Waals surface area contributed by atoms with Crippen LogP contribution >= 0.6 is 28.1 Å². The van der Waals surface area contributed by atoms with Crippen LogP contribution in [0.4, 0.5) is 0 Å². The molecule has 0 aliphatic carbocycles. The van der Waals surface area contributed by atoms with Crippen LogP contribution < -0.4 is 5.56 Å². The first-order chi connectivity index (χ1) is 9.11. The quantitative estimate of drug-likeness (QED) is 0.823. The molecule has 0 spiro atoms. The number of hydrogen-bond acceptors (Lipinski definition) is 4. The lowest BCUT2D eigenvalue weighted by Gasteiger charge is -2.26. The lowest BCUT2D eigenvalue weighted by atomic mass is 10.1. The predicted molar refractivity (Wildman–Crippen MR) is 76.5 cm³/mol. The molecule has 1 aliphatic heterocycles. The van der Waals surface area contributed by atoms with E-state index in [1.807, 2.05) is 6.07 Å². The van der Waals surface area contributed by atoms with Crippen molar-refractivity contribution in [3.63, 3.8) is 0 Å². The van der Waals surface area contributed by atoms with Crippen LogP contribution in [0.15, 0.2) is 26.0 Å². The molecule has 0 saturated carbocycles. The van der Waals surface area contributed by atoms with Crippen molar-refractivity contribution in [2.24, 2.45) is 0 Å². The Morgan fingerprint density at radius 1 is 1.47 bits per heavy atom. The van der Waals surface area contributed by atoms with Crippen LogP contribution in [0, 0.1) is 4.77 Å². The van der Waals surface area contributed by atoms with Crippen molar-refractivity contribution in [2.75, 3.05) is 6.54 Å². The molecule has 100 valence electrons. The Labute approximate surface area is 122 Å². The Bertz CT molecular complexity index is 718. The number of furan rings is 1. The van der Waals surface area contributed by atoms with Gasteiger partial charge in [-0.2, -0.15) is 0 Å². The molecule has 0 aromatic carbocycles. The molecule has 3 rings (SSSR count). The molecule has 7 heteroatoms. The molecule has 0 saturated heterocycles. The van der Waals surface area contributed by atoms with Gasteiger partial charge in [-0.05, 0) is 34.2 Å². The van der Waals surface area contributed by atoms with E-state index in [9.17, 15) is 4.79 Å². The number of nitrogens with zero attached hydrogens (tertiary/aromatic N) is 1. The van der Waals surface area contributed by atoms with Crippen LogP contribution in [0.2, 0.25) is 0 Å². The Kier molecular flexibility index (Phi) is 3.42. The fourth-order valence-corrected chi connectivity index (χ4v) is 2.87. The van der Waals surface area contributed by atoms with Crippen molar-refractivity contribution in [3.8, 4) is 0 Å². The van der Waals surface area contributed by atoms with Crippen LogP contribution in [0.25, 0.3) is 0 Å². The van der Waals surface area contributed by atoms with Gasteiger partial charge in [0.1, 0.15) is 12.0 Å². The van der Waals surface area contributed by atoms with Crippen LogP contribution in [-0.2, 0) is 19.5 Å². The van der Waals surface area contributed by atoms with E-state index in [-0.39, 0.29) is 5.56 Å². The molecule has 0 amide bonds. The van der Waals surface area contributed by atoms with E-state index >= 15 is 0 Å². The highest BCUT2D eigenvalue weighted by Crippen LogP contribution is 2.19. The van der Waals surface area contributed by atoms with Crippen molar-refractivity contribution in [1.82, 2.24) is 14.9 Å². The van der Waals surface area contributed by atoms with Gasteiger partial charge < -0.3 is 9.40 Å². The Morgan fingerprint density at radius 2 is 2.32 bits per heavy atom. The molecule has 2 aromatic heterocycles. The third-order valence-corrected chi connectivity index (χ3v) is 3.81. The minimum atomic E-state index is -0.0934. The second kappa shape index (κ2) is 5.07. The lowest BCUT2D eigenvalue weighted by Crippen LogP contribution is -2.35. The standard InChI is InChI=1S/C12H12BrN3O2S/c13-7-3-8(18-6-7)4-16-2-1-10-9(5-16)11(17)15-12(19)14-10/h3,6H,1-2,4-5H2,(H2,14,15,17,19). The third kappa shape index (κ3) is 2.72. The van der Waals surface area contributed by atoms with Gasteiger partial charge in [0.25, 0.3) is 5.56 Å².